The molecule has 2 unspecified atom stereocenters. The first-order valence-electron chi connectivity index (χ1n) is 8.54. The van der Waals surface area contributed by atoms with Crippen LogP contribution < -0.4 is 16.0 Å². The van der Waals surface area contributed by atoms with E-state index in [-0.39, 0.29) is 0 Å². The SMILES string of the molecule is CCCCCCCCCC(NN)C1COc2ccccc21. The minimum Gasteiger partial charge on any atom is -0.493 e. The lowest BCUT2D eigenvalue weighted by Crippen LogP contribution is -2.40. The molecule has 0 aromatic heterocycles. The summed E-state index contributed by atoms with van der Waals surface area (Å²) in [6.45, 7) is 3.02. The first-order valence-corrected chi connectivity index (χ1v) is 8.54. The highest BCUT2D eigenvalue weighted by atomic mass is 16.5. The number of unbranched alkanes of at least 4 members (excludes halogenated alkanes) is 6. The summed E-state index contributed by atoms with van der Waals surface area (Å²) in [5.41, 5.74) is 4.32. The summed E-state index contributed by atoms with van der Waals surface area (Å²) < 4.78 is 5.77. The molecular weight excluding hydrogens is 260 g/mol. The summed E-state index contributed by atoms with van der Waals surface area (Å²) in [5, 5.41) is 0. The van der Waals surface area contributed by atoms with Gasteiger partial charge in [0.15, 0.2) is 0 Å². The average molecular weight is 290 g/mol. The predicted octanol–water partition coefficient (Wildman–Crippen LogP) is 4.14. The van der Waals surface area contributed by atoms with Gasteiger partial charge in [0.2, 0.25) is 0 Å². The van der Waals surface area contributed by atoms with Crippen LogP contribution in [0.15, 0.2) is 24.3 Å². The summed E-state index contributed by atoms with van der Waals surface area (Å²) in [6, 6.07) is 8.66. The Hall–Kier alpha value is -1.06. The van der Waals surface area contributed by atoms with E-state index in [1.54, 1.807) is 0 Å². The van der Waals surface area contributed by atoms with E-state index in [1.165, 1.54) is 50.5 Å². The van der Waals surface area contributed by atoms with E-state index in [4.69, 9.17) is 10.6 Å². The van der Waals surface area contributed by atoms with Gasteiger partial charge in [0, 0.05) is 17.5 Å². The average Bonchev–Trinajstić information content (AvgIpc) is 2.94. The molecule has 0 spiro atoms. The van der Waals surface area contributed by atoms with Crippen molar-refractivity contribution >= 4 is 0 Å². The number of hydrazine groups is 1. The molecule has 0 saturated carbocycles. The molecule has 1 aliphatic rings. The van der Waals surface area contributed by atoms with Crippen molar-refractivity contribution in [2.24, 2.45) is 5.84 Å². The standard InChI is InChI=1S/C18H30N2O/c1-2-3-4-5-6-7-8-12-17(20-19)16-14-21-18-13-10-9-11-15(16)18/h9-11,13,16-17,20H,2-8,12,14,19H2,1H3. The van der Waals surface area contributed by atoms with E-state index < -0.39 is 0 Å². The summed E-state index contributed by atoms with van der Waals surface area (Å²) in [5.74, 6) is 7.21. The molecule has 0 saturated heterocycles. The number of nitrogens with one attached hydrogen (secondary N) is 1. The van der Waals surface area contributed by atoms with Crippen LogP contribution in [0, 0.1) is 0 Å². The van der Waals surface area contributed by atoms with Crippen molar-refractivity contribution in [3.8, 4) is 5.75 Å². The molecule has 21 heavy (non-hydrogen) atoms. The van der Waals surface area contributed by atoms with E-state index >= 15 is 0 Å². The van der Waals surface area contributed by atoms with E-state index in [0.29, 0.717) is 12.0 Å². The maximum absolute atomic E-state index is 5.78. The fourth-order valence-corrected chi connectivity index (χ4v) is 3.24. The van der Waals surface area contributed by atoms with Crippen LogP contribution in [0.3, 0.4) is 0 Å². The van der Waals surface area contributed by atoms with E-state index in [0.717, 1.165) is 18.8 Å². The summed E-state index contributed by atoms with van der Waals surface area (Å²) >= 11 is 0. The Bertz CT molecular complexity index is 408. The largest absolute Gasteiger partial charge is 0.493 e. The molecular formula is C18H30N2O. The molecule has 2 rings (SSSR count). The fraction of sp³-hybridized carbons (Fsp3) is 0.667. The highest BCUT2D eigenvalue weighted by Gasteiger charge is 2.30. The third-order valence-electron chi connectivity index (χ3n) is 4.56. The number of ether oxygens (including phenoxy) is 1. The van der Waals surface area contributed by atoms with Gasteiger partial charge in [-0.25, -0.2) is 0 Å². The molecule has 0 fully saturated rings. The smallest absolute Gasteiger partial charge is 0.122 e. The normalized spacial score (nSPS) is 18.3. The minimum atomic E-state index is 0.323. The molecule has 3 N–H and O–H groups in total. The Morgan fingerprint density at radius 1 is 1.14 bits per heavy atom. The molecule has 0 amide bonds. The lowest BCUT2D eigenvalue weighted by atomic mass is 9.90. The monoisotopic (exact) mass is 290 g/mol. The Balaban J connectivity index is 1.72. The molecule has 3 nitrogen and oxygen atoms in total. The molecule has 2 atom stereocenters. The van der Waals surface area contributed by atoms with Gasteiger partial charge in [0.05, 0.1) is 6.61 Å². The van der Waals surface area contributed by atoms with Gasteiger partial charge in [-0.3, -0.25) is 11.3 Å². The zero-order valence-corrected chi connectivity index (χ0v) is 13.3. The molecule has 118 valence electrons. The van der Waals surface area contributed by atoms with Gasteiger partial charge in [-0.2, -0.15) is 0 Å². The van der Waals surface area contributed by atoms with Crippen molar-refractivity contribution < 1.29 is 4.74 Å². The van der Waals surface area contributed by atoms with Crippen molar-refractivity contribution in [1.29, 1.82) is 0 Å². The van der Waals surface area contributed by atoms with E-state index in [2.05, 4.69) is 30.5 Å². The zero-order chi connectivity index (χ0) is 14.9. The van der Waals surface area contributed by atoms with Crippen LogP contribution in [0.1, 0.15) is 69.8 Å². The number of fused-ring (bicyclic) bond motifs is 1. The van der Waals surface area contributed by atoms with Gasteiger partial charge in [-0.05, 0) is 12.5 Å². The van der Waals surface area contributed by atoms with Crippen LogP contribution in [0.2, 0.25) is 0 Å². The number of hydrogen-bond donors (Lipinski definition) is 2. The maximum atomic E-state index is 5.78. The van der Waals surface area contributed by atoms with Gasteiger partial charge in [0.25, 0.3) is 0 Å². The molecule has 1 heterocycles. The molecule has 0 radical (unpaired) electrons. The Morgan fingerprint density at radius 2 is 1.86 bits per heavy atom. The van der Waals surface area contributed by atoms with Gasteiger partial charge >= 0.3 is 0 Å². The van der Waals surface area contributed by atoms with Crippen LogP contribution >= 0.6 is 0 Å². The predicted molar refractivity (Wildman–Crippen MR) is 88.4 cm³/mol. The Morgan fingerprint density at radius 3 is 2.62 bits per heavy atom. The highest BCUT2D eigenvalue weighted by Crippen LogP contribution is 2.36. The first-order chi connectivity index (χ1) is 10.4. The quantitative estimate of drug-likeness (QED) is 0.387. The number of hydrogen-bond acceptors (Lipinski definition) is 3. The lowest BCUT2D eigenvalue weighted by molar-refractivity contribution is 0.289. The van der Waals surface area contributed by atoms with Crippen LogP contribution in [-0.4, -0.2) is 12.6 Å². The molecule has 0 bridgehead atoms. The van der Waals surface area contributed by atoms with Crippen molar-refractivity contribution in [1.82, 2.24) is 5.43 Å². The van der Waals surface area contributed by atoms with Gasteiger partial charge < -0.3 is 4.74 Å². The third kappa shape index (κ3) is 4.72. The minimum absolute atomic E-state index is 0.323. The summed E-state index contributed by atoms with van der Waals surface area (Å²) in [4.78, 5) is 0. The van der Waals surface area contributed by atoms with Crippen molar-refractivity contribution in [2.45, 2.75) is 70.3 Å². The van der Waals surface area contributed by atoms with Crippen LogP contribution in [0.25, 0.3) is 0 Å². The molecule has 1 aromatic carbocycles. The second kappa shape index (κ2) is 9.06. The molecule has 1 aliphatic heterocycles. The lowest BCUT2D eigenvalue weighted by Gasteiger charge is -2.22. The van der Waals surface area contributed by atoms with Crippen molar-refractivity contribution in [3.05, 3.63) is 29.8 Å². The number of para-hydroxylation sites is 1. The van der Waals surface area contributed by atoms with E-state index in [9.17, 15) is 0 Å². The van der Waals surface area contributed by atoms with Crippen LogP contribution in [0.4, 0.5) is 0 Å². The number of benzene rings is 1. The number of nitrogens with two attached hydrogens (primary N) is 1. The third-order valence-corrected chi connectivity index (χ3v) is 4.56. The number of rotatable bonds is 10. The Kier molecular flexibility index (Phi) is 7.04. The summed E-state index contributed by atoms with van der Waals surface area (Å²) in [7, 11) is 0. The molecule has 0 aliphatic carbocycles. The van der Waals surface area contributed by atoms with Crippen LogP contribution in [-0.2, 0) is 0 Å². The summed E-state index contributed by atoms with van der Waals surface area (Å²) in [6.07, 6.45) is 10.5. The van der Waals surface area contributed by atoms with Crippen molar-refractivity contribution in [2.75, 3.05) is 6.61 Å². The highest BCUT2D eigenvalue weighted by molar-refractivity contribution is 5.40. The molecule has 3 heteroatoms. The zero-order valence-electron chi connectivity index (χ0n) is 13.3. The van der Waals surface area contributed by atoms with Gasteiger partial charge in [0.1, 0.15) is 5.75 Å². The Labute approximate surface area is 129 Å². The van der Waals surface area contributed by atoms with Gasteiger partial charge in [-0.1, -0.05) is 70.1 Å². The second-order valence-electron chi connectivity index (χ2n) is 6.14. The fourth-order valence-electron chi connectivity index (χ4n) is 3.24. The molecule has 1 aromatic rings. The first kappa shape index (κ1) is 16.3. The maximum Gasteiger partial charge on any atom is 0.122 e. The topological polar surface area (TPSA) is 47.3 Å². The second-order valence-corrected chi connectivity index (χ2v) is 6.14. The van der Waals surface area contributed by atoms with E-state index in [1.807, 2.05) is 6.07 Å². The van der Waals surface area contributed by atoms with Crippen LogP contribution in [0.5, 0.6) is 5.75 Å². The van der Waals surface area contributed by atoms with Crippen molar-refractivity contribution in [3.63, 3.8) is 0 Å². The van der Waals surface area contributed by atoms with Gasteiger partial charge in [-0.15, -0.1) is 0 Å².